The second kappa shape index (κ2) is 15.1. The smallest absolute Gasteiger partial charge is 0.407 e. The van der Waals surface area contributed by atoms with Crippen LogP contribution in [0.25, 0.3) is 11.3 Å². The highest BCUT2D eigenvalue weighted by Crippen LogP contribution is 2.58. The Morgan fingerprint density at radius 2 is 1.28 bits per heavy atom. The Bertz CT molecular complexity index is 1830. The molecule has 3 saturated carbocycles. The topological polar surface area (TPSA) is 175 Å². The highest BCUT2D eigenvalue weighted by Gasteiger charge is 2.51. The van der Waals surface area contributed by atoms with Gasteiger partial charge in [-0.3, -0.25) is 9.59 Å². The maximum atomic E-state index is 13.6. The lowest BCUT2D eigenvalue weighted by Gasteiger charge is -2.53. The zero-order chi connectivity index (χ0) is 38.2. The molecule has 2 bridgehead atoms. The summed E-state index contributed by atoms with van der Waals surface area (Å²) in [7, 11) is 2.59. The third-order valence-electron chi connectivity index (χ3n) is 12.8. The summed E-state index contributed by atoms with van der Waals surface area (Å²) in [6.45, 7) is 6.76. The van der Waals surface area contributed by atoms with Crippen LogP contribution in [0.2, 0.25) is 0 Å². The number of ether oxygens (including phenoxy) is 2. The molecular weight excluding hydrogens is 688 g/mol. The van der Waals surface area contributed by atoms with E-state index in [-0.39, 0.29) is 40.6 Å². The summed E-state index contributed by atoms with van der Waals surface area (Å²) in [5.41, 5.74) is 4.74. The van der Waals surface area contributed by atoms with Gasteiger partial charge in [-0.2, -0.15) is 0 Å². The first-order chi connectivity index (χ1) is 26.0. The van der Waals surface area contributed by atoms with Gasteiger partial charge in [-0.25, -0.2) is 19.6 Å². The lowest BCUT2D eigenvalue weighted by atomic mass is 9.51. The van der Waals surface area contributed by atoms with Gasteiger partial charge < -0.3 is 39.9 Å². The van der Waals surface area contributed by atoms with Gasteiger partial charge in [-0.15, -0.1) is 0 Å². The first kappa shape index (κ1) is 37.4. The molecule has 14 heteroatoms. The number of methoxy groups -OCH3 is 2. The molecule has 14 nitrogen and oxygen atoms in total. The van der Waals surface area contributed by atoms with Crippen molar-refractivity contribution in [3.63, 3.8) is 0 Å². The van der Waals surface area contributed by atoms with Gasteiger partial charge in [0.15, 0.2) is 0 Å². The monoisotopic (exact) mass is 742 g/mol. The fourth-order valence-electron chi connectivity index (χ4n) is 9.51. The lowest BCUT2D eigenvalue weighted by molar-refractivity contribution is -0.135. The Morgan fingerprint density at radius 1 is 0.741 bits per heavy atom. The lowest BCUT2D eigenvalue weighted by Crippen LogP contribution is -2.51. The predicted molar refractivity (Wildman–Crippen MR) is 200 cm³/mol. The van der Waals surface area contributed by atoms with Crippen LogP contribution in [0.1, 0.15) is 120 Å². The normalized spacial score (nSPS) is 26.1. The van der Waals surface area contributed by atoms with E-state index < -0.39 is 24.3 Å². The molecule has 5 aliphatic rings. The van der Waals surface area contributed by atoms with Gasteiger partial charge >= 0.3 is 12.2 Å². The standard InChI is InChI=1S/C40H54N8O6/c1-24(2)32(46-38(52)54-5)36(50)48-21-7-8-29(48)33-41-22-28(44-33)26-10-12-27(13-11-26)39-14-17-40(18-15-39,19-16-39)31-23-42-34(45-31)30-9-6-20-47(30)35(49)25(3)43-37(51)53-4/h10-13,22-25,29-30,32H,6-9,14-21H2,1-5H3,(H,41,44)(H,42,45)(H,43,51)(H,46,52). The van der Waals surface area contributed by atoms with Crippen LogP contribution in [-0.2, 0) is 29.9 Å². The van der Waals surface area contributed by atoms with E-state index in [2.05, 4.69) is 49.6 Å². The molecule has 5 fully saturated rings. The summed E-state index contributed by atoms with van der Waals surface area (Å²) >= 11 is 0. The van der Waals surface area contributed by atoms with Gasteiger partial charge in [0.25, 0.3) is 0 Å². The molecule has 1 aromatic carbocycles. The van der Waals surface area contributed by atoms with Crippen LogP contribution in [0.3, 0.4) is 0 Å². The van der Waals surface area contributed by atoms with Gasteiger partial charge in [0.2, 0.25) is 11.8 Å². The zero-order valence-electron chi connectivity index (χ0n) is 32.1. The average molecular weight is 743 g/mol. The Labute approximate surface area is 316 Å². The van der Waals surface area contributed by atoms with Gasteiger partial charge in [0.1, 0.15) is 23.7 Å². The number of hydrogen-bond donors (Lipinski definition) is 4. The van der Waals surface area contributed by atoms with Crippen LogP contribution in [-0.4, -0.2) is 93.1 Å². The van der Waals surface area contributed by atoms with Crippen molar-refractivity contribution in [2.75, 3.05) is 27.3 Å². The first-order valence-electron chi connectivity index (χ1n) is 19.5. The van der Waals surface area contributed by atoms with Crippen LogP contribution in [0, 0.1) is 5.92 Å². The third kappa shape index (κ3) is 6.95. The fraction of sp³-hybridized carbons (Fsp3) is 0.600. The van der Waals surface area contributed by atoms with Crippen LogP contribution in [0.4, 0.5) is 9.59 Å². The molecule has 4 unspecified atom stereocenters. The molecule has 4 amide bonds. The number of alkyl carbamates (subject to hydrolysis) is 2. The van der Waals surface area contributed by atoms with Crippen molar-refractivity contribution in [3.05, 3.63) is 59.6 Å². The zero-order valence-corrected chi connectivity index (χ0v) is 32.1. The second-order valence-corrected chi connectivity index (χ2v) is 16.1. The van der Waals surface area contributed by atoms with E-state index in [1.807, 2.05) is 36.0 Å². The third-order valence-corrected chi connectivity index (χ3v) is 12.8. The largest absolute Gasteiger partial charge is 0.453 e. The number of hydrogen-bond acceptors (Lipinski definition) is 8. The van der Waals surface area contributed by atoms with Crippen molar-refractivity contribution in [2.24, 2.45) is 5.92 Å². The summed E-state index contributed by atoms with van der Waals surface area (Å²) in [5, 5.41) is 5.31. The van der Waals surface area contributed by atoms with Crippen LogP contribution in [0.15, 0.2) is 36.7 Å². The molecule has 4 atom stereocenters. The predicted octanol–water partition coefficient (Wildman–Crippen LogP) is 5.80. The Hall–Kier alpha value is -4.88. The van der Waals surface area contributed by atoms with Gasteiger partial charge in [0.05, 0.1) is 38.2 Å². The second-order valence-electron chi connectivity index (χ2n) is 16.1. The molecule has 4 N–H and O–H groups in total. The molecule has 3 aromatic rings. The Balaban J connectivity index is 0.989. The highest BCUT2D eigenvalue weighted by atomic mass is 16.5. The molecule has 0 spiro atoms. The number of carbonyl (C=O) groups is 4. The Kier molecular flexibility index (Phi) is 10.5. The minimum atomic E-state index is -0.677. The molecule has 3 aliphatic carbocycles. The summed E-state index contributed by atoms with van der Waals surface area (Å²) in [5.74, 6) is 1.25. The summed E-state index contributed by atoms with van der Waals surface area (Å²) < 4.78 is 9.45. The number of likely N-dealkylation sites (tertiary alicyclic amines) is 2. The molecule has 2 aromatic heterocycles. The minimum Gasteiger partial charge on any atom is -0.453 e. The van der Waals surface area contributed by atoms with Crippen molar-refractivity contribution >= 4 is 24.0 Å². The summed E-state index contributed by atoms with van der Waals surface area (Å²) in [4.78, 5) is 70.9. The molecule has 2 aliphatic heterocycles. The Morgan fingerprint density at radius 3 is 1.87 bits per heavy atom. The van der Waals surface area contributed by atoms with E-state index in [1.54, 1.807) is 6.92 Å². The molecule has 54 heavy (non-hydrogen) atoms. The van der Waals surface area contributed by atoms with E-state index in [1.165, 1.54) is 25.5 Å². The van der Waals surface area contributed by atoms with Crippen molar-refractivity contribution in [1.82, 2.24) is 40.4 Å². The van der Waals surface area contributed by atoms with Crippen molar-refractivity contribution < 1.29 is 28.7 Å². The van der Waals surface area contributed by atoms with E-state index in [0.717, 1.165) is 87.1 Å². The number of rotatable bonds is 10. The number of nitrogens with one attached hydrogen (secondary N) is 4. The molecule has 4 heterocycles. The number of carbonyl (C=O) groups excluding carboxylic acids is 4. The van der Waals surface area contributed by atoms with E-state index in [4.69, 9.17) is 14.7 Å². The molecule has 2 saturated heterocycles. The summed E-state index contributed by atoms with van der Waals surface area (Å²) in [6, 6.07) is 7.26. The van der Waals surface area contributed by atoms with E-state index in [0.29, 0.717) is 13.1 Å². The van der Waals surface area contributed by atoms with E-state index >= 15 is 0 Å². The number of amides is 4. The average Bonchev–Trinajstić information content (AvgIpc) is 4.03. The van der Waals surface area contributed by atoms with Gasteiger partial charge in [0, 0.05) is 30.4 Å². The maximum Gasteiger partial charge on any atom is 0.407 e. The number of fused-ring (bicyclic) bond motifs is 3. The van der Waals surface area contributed by atoms with Crippen LogP contribution >= 0.6 is 0 Å². The van der Waals surface area contributed by atoms with Crippen molar-refractivity contribution in [1.29, 1.82) is 0 Å². The number of aromatic amines is 2. The molecule has 290 valence electrons. The molecule has 0 radical (unpaired) electrons. The fourth-order valence-corrected chi connectivity index (χ4v) is 9.51. The van der Waals surface area contributed by atoms with Gasteiger partial charge in [-0.05, 0) is 93.6 Å². The van der Waals surface area contributed by atoms with Gasteiger partial charge in [-0.1, -0.05) is 38.1 Å². The highest BCUT2D eigenvalue weighted by molar-refractivity contribution is 5.87. The summed E-state index contributed by atoms with van der Waals surface area (Å²) in [6.07, 6.45) is 12.6. The van der Waals surface area contributed by atoms with Crippen molar-refractivity contribution in [2.45, 2.75) is 120 Å². The molecule has 8 rings (SSSR count). The number of H-pyrrole nitrogens is 2. The van der Waals surface area contributed by atoms with Crippen LogP contribution in [0.5, 0.6) is 0 Å². The quantitative estimate of drug-likeness (QED) is 0.202. The van der Waals surface area contributed by atoms with Crippen LogP contribution < -0.4 is 10.6 Å². The first-order valence-corrected chi connectivity index (χ1v) is 19.5. The number of benzene rings is 1. The molecular formula is C40H54N8O6. The minimum absolute atomic E-state index is 0.0620. The van der Waals surface area contributed by atoms with Crippen molar-refractivity contribution in [3.8, 4) is 11.3 Å². The number of imidazole rings is 2. The number of aromatic nitrogens is 4. The number of nitrogens with zero attached hydrogens (tertiary/aromatic N) is 4. The SMILES string of the molecule is COC(=O)NC(C)C(=O)N1CCCC1c1ncc(C23CCC(c4ccc(-c5cnc(C6CCCN6C(=O)C(NC(=O)OC)C(C)C)[nH]5)cc4)(CC2)CC3)[nH]1. The maximum absolute atomic E-state index is 13.6. The van der Waals surface area contributed by atoms with E-state index in [9.17, 15) is 19.2 Å².